The van der Waals surface area contributed by atoms with Gasteiger partial charge in [-0.25, -0.2) is 19.7 Å². The molecule has 0 aliphatic carbocycles. The van der Waals surface area contributed by atoms with E-state index in [1.165, 1.54) is 38.3 Å². The van der Waals surface area contributed by atoms with Gasteiger partial charge < -0.3 is 41.2 Å². The molecular weight excluding hydrogens is 1330 g/mol. The van der Waals surface area contributed by atoms with Gasteiger partial charge in [-0.1, -0.05) is 82.1 Å². The number of aryl methyl sites for hydroxylation is 2. The molecule has 0 aromatic carbocycles. The Morgan fingerprint density at radius 1 is 0.434 bits per heavy atom. The Bertz CT molecular complexity index is 3640. The van der Waals surface area contributed by atoms with Crippen LogP contribution in [0.3, 0.4) is 0 Å². The average Bonchev–Trinajstić information content (AvgIpc) is 0.812. The van der Waals surface area contributed by atoms with Gasteiger partial charge in [0.1, 0.15) is 24.8 Å². The van der Waals surface area contributed by atoms with Crippen LogP contribution in [-0.2, 0) is 45.0 Å². The number of pyridine rings is 10. The summed E-state index contributed by atoms with van der Waals surface area (Å²) in [5, 5.41) is 18.3. The smallest absolute Gasteiger partial charge is 0.404 e. The highest BCUT2D eigenvalue weighted by Gasteiger charge is 2.10. The summed E-state index contributed by atoms with van der Waals surface area (Å²) in [6.45, 7) is 22.7. The fourth-order valence-electron chi connectivity index (χ4n) is 9.53. The number of nitrogens with two attached hydrogens (primary N) is 1. The molecule has 10 aromatic rings. The third-order valence-corrected chi connectivity index (χ3v) is 15.0. The molecule has 10 rings (SSSR count). The molecule has 0 fully saturated rings. The molecule has 0 unspecified atom stereocenters. The molecule has 10 aromatic heterocycles. The number of nitrogens with zero attached hydrogens (tertiary/aromatic N) is 14. The molecule has 0 bridgehead atoms. The molecule has 0 saturated heterocycles. The number of hydrogen-bond acceptors (Lipinski definition) is 22. The summed E-state index contributed by atoms with van der Waals surface area (Å²) in [6.07, 6.45) is 19.1. The normalized spacial score (nSPS) is 10.3. The van der Waals surface area contributed by atoms with Crippen molar-refractivity contribution in [3.63, 3.8) is 0 Å². The molecule has 106 heavy (non-hydrogen) atoms. The summed E-state index contributed by atoms with van der Waals surface area (Å²) in [7, 11) is 7.62. The number of ether oxygens (including phenoxy) is 2. The van der Waals surface area contributed by atoms with Gasteiger partial charge in [0.2, 0.25) is 0 Å². The van der Waals surface area contributed by atoms with Gasteiger partial charge in [-0.05, 0) is 193 Å². The van der Waals surface area contributed by atoms with Crippen LogP contribution in [0, 0.1) is 13.8 Å². The highest BCUT2D eigenvalue weighted by atomic mass is 16.5. The largest absolute Gasteiger partial charge is 0.480 e. The number of aliphatic carboxylic acids is 1. The van der Waals surface area contributed by atoms with Crippen LogP contribution in [0.2, 0.25) is 0 Å². The molecular formula is C82H110N18O6. The van der Waals surface area contributed by atoms with Crippen LogP contribution in [-0.4, -0.2) is 195 Å². The van der Waals surface area contributed by atoms with Crippen LogP contribution in [0.1, 0.15) is 92.2 Å². The zero-order valence-electron chi connectivity index (χ0n) is 63.5. The lowest BCUT2D eigenvalue weighted by Gasteiger charge is -2.16. The molecule has 24 heteroatoms. The molecule has 6 N–H and O–H groups in total. The van der Waals surface area contributed by atoms with Crippen LogP contribution in [0.4, 0.5) is 16.4 Å². The number of carboxylic acids is 1. The molecule has 24 nitrogen and oxygen atoms in total. The standard InChI is InChI=1S/C18H17N3.C16H13N3.C13H15N3.C11H11N3.C11H27N3.C8H16N2O4.C5H11NO2/c1-14-10-17(12-15-6-2-4-8-19-15)21-18(11-14)13-16-7-3-5-9-20-16;1-12-10-15(13-6-2-4-8-17-13)19-16(11-12)14-7-3-5-9-18-14;1-16(10-12-6-2-4-8-14-12)11-13-7-3-5-9-15-13;1-14(10-6-2-4-8-12-10)11-7-3-5-9-13-11;1-3-5-6-7-13-10-11-14-9-8-12-4-2;1-7(11)13-5-3-10(2)4-6-14-8(9)12;1-3-6(2)4-5(7)8/h2-11H,12-13H2,1H3;2-11H,1H3;2-9H,10-11H2,1H3;2-9H,1H3;12-14H,3-11H2,1-2H3;3-6H2,1-2H3,(H2,9,12);3-4H2,1-2H3,(H,7,8). The molecule has 0 aliphatic rings. The van der Waals surface area contributed by atoms with E-state index in [2.05, 4.69) is 117 Å². The maximum absolute atomic E-state index is 10.4. The lowest BCUT2D eigenvalue weighted by Crippen LogP contribution is -2.32. The third-order valence-electron chi connectivity index (χ3n) is 15.0. The highest BCUT2D eigenvalue weighted by molar-refractivity contribution is 5.69. The molecule has 1 amide bonds. The van der Waals surface area contributed by atoms with E-state index < -0.39 is 12.1 Å². The van der Waals surface area contributed by atoms with Crippen molar-refractivity contribution in [3.05, 3.63) is 265 Å². The van der Waals surface area contributed by atoms with Crippen LogP contribution in [0.15, 0.2) is 219 Å². The van der Waals surface area contributed by atoms with Gasteiger partial charge in [0, 0.05) is 152 Å². The van der Waals surface area contributed by atoms with E-state index in [9.17, 15) is 14.4 Å². The van der Waals surface area contributed by atoms with Crippen LogP contribution >= 0.6 is 0 Å². The fraction of sp³-hybridized carbons (Fsp3) is 0.354. The number of carboxylic acid groups (broad SMARTS) is 1. The van der Waals surface area contributed by atoms with Crippen LogP contribution < -0.4 is 26.6 Å². The van der Waals surface area contributed by atoms with E-state index in [0.29, 0.717) is 19.7 Å². The maximum atomic E-state index is 10.4. The quantitative estimate of drug-likeness (QED) is 0.0193. The number of esters is 1. The van der Waals surface area contributed by atoms with Crippen LogP contribution in [0.25, 0.3) is 22.8 Å². The zero-order valence-corrected chi connectivity index (χ0v) is 63.5. The number of aromatic nitrogens is 10. The lowest BCUT2D eigenvalue weighted by molar-refractivity contribution is -0.141. The van der Waals surface area contributed by atoms with Gasteiger partial charge in [0.15, 0.2) is 0 Å². The van der Waals surface area contributed by atoms with Crippen molar-refractivity contribution >= 4 is 29.7 Å². The Labute approximate surface area is 627 Å². The number of carbonyl (C=O) groups is 3. The number of unbranched alkanes of at least 4 members (excludes halogenated alkanes) is 2. The van der Waals surface area contributed by atoms with Crippen molar-refractivity contribution in [2.45, 2.75) is 86.7 Å². The molecule has 0 saturated carbocycles. The van der Waals surface area contributed by atoms with Crippen molar-refractivity contribution < 1.29 is 29.0 Å². The predicted octanol–water partition coefficient (Wildman–Crippen LogP) is 11.8. The Morgan fingerprint density at radius 3 is 1.21 bits per heavy atom. The first kappa shape index (κ1) is 87.7. The number of carbonyl (C=O) groups excluding carboxylic acids is 2. The van der Waals surface area contributed by atoms with E-state index in [-0.39, 0.29) is 19.1 Å². The van der Waals surface area contributed by atoms with E-state index in [1.807, 2.05) is 213 Å². The zero-order chi connectivity index (χ0) is 76.6. The minimum Gasteiger partial charge on any atom is -0.480 e. The van der Waals surface area contributed by atoms with E-state index >= 15 is 0 Å². The van der Waals surface area contributed by atoms with Gasteiger partial charge >= 0.3 is 18.0 Å². The van der Waals surface area contributed by atoms with Gasteiger partial charge in [-0.2, -0.15) is 0 Å². The number of hydrogen-bond donors (Lipinski definition) is 5. The minimum atomic E-state index is -0.779. The lowest BCUT2D eigenvalue weighted by atomic mass is 10.1. The van der Waals surface area contributed by atoms with E-state index in [1.54, 1.807) is 36.7 Å². The Kier molecular flexibility index (Phi) is 45.4. The number of anilines is 2. The molecule has 0 spiro atoms. The number of primary amides is 1. The molecule has 0 radical (unpaired) electrons. The first-order chi connectivity index (χ1) is 51.4. The SMILES string of the molecule is CC(=O)OCCN(C)CCOC(N)=O.CCCCCNCCNCCNCC.CCN(C)CC(=O)O.CN(Cc1ccccn1)Cc1ccccn1.CN(c1ccccn1)c1ccccn1.Cc1cc(-c2ccccn2)nc(-c2ccccn2)c1.Cc1cc(Cc2ccccn2)nc(Cc2ccccn2)c1. The van der Waals surface area contributed by atoms with Crippen LogP contribution in [0.5, 0.6) is 0 Å². The summed E-state index contributed by atoms with van der Waals surface area (Å²) in [6, 6.07) is 55.5. The molecule has 0 atom stereocenters. The Morgan fingerprint density at radius 2 is 0.840 bits per heavy atom. The summed E-state index contributed by atoms with van der Waals surface area (Å²) in [5.74, 6) is 0.721. The second-order valence-corrected chi connectivity index (χ2v) is 24.3. The molecule has 0 aliphatic heterocycles. The van der Waals surface area contributed by atoms with Crippen molar-refractivity contribution in [1.29, 1.82) is 0 Å². The third kappa shape index (κ3) is 41.5. The average molecular weight is 1440 g/mol. The molecule has 10 heterocycles. The van der Waals surface area contributed by atoms with Crippen molar-refractivity contribution in [2.24, 2.45) is 5.73 Å². The summed E-state index contributed by atoms with van der Waals surface area (Å²) in [5.41, 5.74) is 17.0. The number of likely N-dealkylation sites (N-methyl/N-ethyl adjacent to an activating group) is 3. The Balaban J connectivity index is 0.000000266. The van der Waals surface area contributed by atoms with Crippen molar-refractivity contribution in [2.75, 3.05) is 112 Å². The number of nitrogens with one attached hydrogen (secondary N) is 3. The second kappa shape index (κ2) is 54.9. The monoisotopic (exact) mass is 1440 g/mol. The highest BCUT2D eigenvalue weighted by Crippen LogP contribution is 2.22. The van der Waals surface area contributed by atoms with E-state index in [0.717, 1.165) is 139 Å². The van der Waals surface area contributed by atoms with Gasteiger partial charge in [0.25, 0.3) is 0 Å². The summed E-state index contributed by atoms with van der Waals surface area (Å²) in [4.78, 5) is 82.1. The van der Waals surface area contributed by atoms with E-state index in [4.69, 9.17) is 20.6 Å². The first-order valence-corrected chi connectivity index (χ1v) is 35.8. The van der Waals surface area contributed by atoms with Gasteiger partial charge in [-0.15, -0.1) is 0 Å². The number of rotatable bonds is 32. The summed E-state index contributed by atoms with van der Waals surface area (Å²) < 4.78 is 9.26. The maximum Gasteiger partial charge on any atom is 0.404 e. The second-order valence-electron chi connectivity index (χ2n) is 24.3. The topological polar surface area (TPSA) is 294 Å². The van der Waals surface area contributed by atoms with Gasteiger partial charge in [0.05, 0.1) is 40.7 Å². The first-order valence-electron chi connectivity index (χ1n) is 35.8. The Hall–Kier alpha value is -10.7. The fourth-order valence-corrected chi connectivity index (χ4v) is 9.53. The number of amides is 1. The minimum absolute atomic E-state index is 0.135. The predicted molar refractivity (Wildman–Crippen MR) is 423 cm³/mol. The summed E-state index contributed by atoms with van der Waals surface area (Å²) >= 11 is 0. The van der Waals surface area contributed by atoms with Crippen molar-refractivity contribution in [1.82, 2.24) is 80.5 Å². The molecule has 564 valence electrons. The van der Waals surface area contributed by atoms with Crippen molar-refractivity contribution in [3.8, 4) is 22.8 Å². The van der Waals surface area contributed by atoms with Gasteiger partial charge in [-0.3, -0.25) is 59.2 Å².